The van der Waals surface area contributed by atoms with Gasteiger partial charge >= 0.3 is 6.09 Å². The predicted octanol–water partition coefficient (Wildman–Crippen LogP) is 0.497. The normalized spacial score (nSPS) is 15.9. The number of piperazine rings is 1. The highest BCUT2D eigenvalue weighted by atomic mass is 32.2. The second-order valence-corrected chi connectivity index (χ2v) is 7.23. The van der Waals surface area contributed by atoms with Crippen LogP contribution in [0.15, 0.2) is 23.1 Å². The van der Waals surface area contributed by atoms with Gasteiger partial charge in [-0.25, -0.2) is 22.3 Å². The fourth-order valence-corrected chi connectivity index (χ4v) is 3.76. The van der Waals surface area contributed by atoms with Crippen LogP contribution in [0.4, 0.5) is 9.18 Å². The standard InChI is InChI=1S/C15H22FN3O5S/c1-23-13-4-3-12(16)11-14(13)25(21,22)17-5-6-18-7-9-19(10-8-18)15(20)24-2/h3-4,11,17H,5-10H2,1-2H3. The highest BCUT2D eigenvalue weighted by Gasteiger charge is 2.23. The summed E-state index contributed by atoms with van der Waals surface area (Å²) in [7, 11) is -1.22. The van der Waals surface area contributed by atoms with E-state index in [1.54, 1.807) is 4.90 Å². The third-order valence-electron chi connectivity index (χ3n) is 3.94. The van der Waals surface area contributed by atoms with Crippen LogP contribution in [0.3, 0.4) is 0 Å². The third-order valence-corrected chi connectivity index (χ3v) is 5.42. The Labute approximate surface area is 146 Å². The molecule has 140 valence electrons. The van der Waals surface area contributed by atoms with Crippen molar-refractivity contribution in [3.63, 3.8) is 0 Å². The van der Waals surface area contributed by atoms with Crippen LogP contribution in [0.5, 0.6) is 5.75 Å². The molecule has 1 amide bonds. The zero-order valence-electron chi connectivity index (χ0n) is 14.2. The number of methoxy groups -OCH3 is 2. The minimum absolute atomic E-state index is 0.0839. The van der Waals surface area contributed by atoms with Gasteiger partial charge in [-0.3, -0.25) is 4.90 Å². The maximum absolute atomic E-state index is 13.4. The minimum atomic E-state index is -3.88. The van der Waals surface area contributed by atoms with E-state index in [4.69, 9.17) is 4.74 Å². The van der Waals surface area contributed by atoms with E-state index < -0.39 is 15.8 Å². The summed E-state index contributed by atoms with van der Waals surface area (Å²) in [4.78, 5) is 14.8. The number of sulfonamides is 1. The van der Waals surface area contributed by atoms with Crippen LogP contribution >= 0.6 is 0 Å². The van der Waals surface area contributed by atoms with Crippen molar-refractivity contribution in [3.8, 4) is 5.75 Å². The number of carbonyl (C=O) groups excluding carboxylic acids is 1. The monoisotopic (exact) mass is 375 g/mol. The summed E-state index contributed by atoms with van der Waals surface area (Å²) >= 11 is 0. The van der Waals surface area contributed by atoms with Crippen LogP contribution in [0.25, 0.3) is 0 Å². The Morgan fingerprint density at radius 1 is 1.24 bits per heavy atom. The number of amides is 1. The van der Waals surface area contributed by atoms with Gasteiger partial charge in [0.1, 0.15) is 16.5 Å². The van der Waals surface area contributed by atoms with E-state index in [1.807, 2.05) is 4.90 Å². The zero-order valence-corrected chi connectivity index (χ0v) is 15.0. The Kier molecular flexibility index (Phi) is 6.57. The first-order chi connectivity index (χ1) is 11.9. The topological polar surface area (TPSA) is 88.2 Å². The first kappa shape index (κ1) is 19.4. The van der Waals surface area contributed by atoms with Crippen LogP contribution in [0, 0.1) is 5.82 Å². The molecule has 0 unspecified atom stereocenters. The van der Waals surface area contributed by atoms with Gasteiger partial charge in [-0.05, 0) is 18.2 Å². The van der Waals surface area contributed by atoms with Gasteiger partial charge in [-0.15, -0.1) is 0 Å². The molecule has 1 fully saturated rings. The quantitative estimate of drug-likeness (QED) is 0.779. The van der Waals surface area contributed by atoms with Crippen molar-refractivity contribution >= 4 is 16.1 Å². The van der Waals surface area contributed by atoms with E-state index >= 15 is 0 Å². The van der Waals surface area contributed by atoms with Crippen LogP contribution in [-0.4, -0.2) is 77.8 Å². The van der Waals surface area contributed by atoms with Gasteiger partial charge in [0.15, 0.2) is 0 Å². The number of hydrogen-bond acceptors (Lipinski definition) is 6. The molecule has 0 aliphatic carbocycles. The van der Waals surface area contributed by atoms with Crippen molar-refractivity contribution in [1.29, 1.82) is 0 Å². The molecule has 1 heterocycles. The van der Waals surface area contributed by atoms with Crippen molar-refractivity contribution < 1.29 is 27.1 Å². The second kappa shape index (κ2) is 8.45. The fourth-order valence-electron chi connectivity index (χ4n) is 2.56. The van der Waals surface area contributed by atoms with Gasteiger partial charge in [-0.1, -0.05) is 0 Å². The Morgan fingerprint density at radius 2 is 1.92 bits per heavy atom. The lowest BCUT2D eigenvalue weighted by molar-refractivity contribution is 0.0918. The van der Waals surface area contributed by atoms with Crippen molar-refractivity contribution in [1.82, 2.24) is 14.5 Å². The number of rotatable bonds is 6. The average Bonchev–Trinajstić information content (AvgIpc) is 2.61. The molecule has 1 aliphatic heterocycles. The van der Waals surface area contributed by atoms with Crippen LogP contribution in [0.2, 0.25) is 0 Å². The first-order valence-electron chi connectivity index (χ1n) is 7.76. The second-order valence-electron chi connectivity index (χ2n) is 5.49. The van der Waals surface area contributed by atoms with Gasteiger partial charge in [0, 0.05) is 39.3 Å². The van der Waals surface area contributed by atoms with Gasteiger partial charge < -0.3 is 14.4 Å². The molecule has 1 aromatic rings. The van der Waals surface area contributed by atoms with Crippen molar-refractivity contribution in [3.05, 3.63) is 24.0 Å². The number of nitrogens with zero attached hydrogens (tertiary/aromatic N) is 2. The van der Waals surface area contributed by atoms with Crippen molar-refractivity contribution in [2.24, 2.45) is 0 Å². The molecule has 1 saturated heterocycles. The Morgan fingerprint density at radius 3 is 2.52 bits per heavy atom. The van der Waals surface area contributed by atoms with Gasteiger partial charge in [0.2, 0.25) is 10.0 Å². The summed E-state index contributed by atoms with van der Waals surface area (Å²) in [5, 5.41) is 0. The van der Waals surface area contributed by atoms with Crippen LogP contribution in [-0.2, 0) is 14.8 Å². The maximum atomic E-state index is 13.4. The molecule has 0 saturated carbocycles. The zero-order chi connectivity index (χ0) is 18.4. The minimum Gasteiger partial charge on any atom is -0.495 e. The molecule has 0 atom stereocenters. The Bertz CT molecular complexity index is 705. The van der Waals surface area contributed by atoms with Crippen LogP contribution in [0.1, 0.15) is 0 Å². The molecule has 8 nitrogen and oxygen atoms in total. The summed E-state index contributed by atoms with van der Waals surface area (Å²) in [5.74, 6) is -0.569. The smallest absolute Gasteiger partial charge is 0.409 e. The number of hydrogen-bond donors (Lipinski definition) is 1. The summed E-state index contributed by atoms with van der Waals surface area (Å²) in [5.41, 5.74) is 0. The molecular weight excluding hydrogens is 353 g/mol. The maximum Gasteiger partial charge on any atom is 0.409 e. The molecule has 1 aliphatic rings. The summed E-state index contributed by atoms with van der Waals surface area (Å²) in [6.07, 6.45) is -0.362. The van der Waals surface area contributed by atoms with E-state index in [9.17, 15) is 17.6 Å². The van der Waals surface area contributed by atoms with Gasteiger partial charge in [0.05, 0.1) is 14.2 Å². The van der Waals surface area contributed by atoms with E-state index in [1.165, 1.54) is 20.3 Å². The molecular formula is C15H22FN3O5S. The Hall–Kier alpha value is -1.91. The van der Waals surface area contributed by atoms with E-state index in [0.29, 0.717) is 32.7 Å². The van der Waals surface area contributed by atoms with Gasteiger partial charge in [-0.2, -0.15) is 0 Å². The lowest BCUT2D eigenvalue weighted by atomic mass is 10.3. The molecule has 0 radical (unpaired) electrons. The summed E-state index contributed by atoms with van der Waals surface area (Å²) < 4.78 is 50.1. The van der Waals surface area contributed by atoms with Crippen LogP contribution < -0.4 is 9.46 Å². The molecule has 2 rings (SSSR count). The summed E-state index contributed by atoms with van der Waals surface area (Å²) in [6.45, 7) is 2.95. The number of carbonyl (C=O) groups is 1. The number of benzene rings is 1. The molecule has 25 heavy (non-hydrogen) atoms. The van der Waals surface area contributed by atoms with Crippen molar-refractivity contribution in [2.75, 3.05) is 53.5 Å². The first-order valence-corrected chi connectivity index (χ1v) is 9.24. The lowest BCUT2D eigenvalue weighted by Gasteiger charge is -2.33. The molecule has 0 bridgehead atoms. The van der Waals surface area contributed by atoms with E-state index in [2.05, 4.69) is 9.46 Å². The number of ether oxygens (including phenoxy) is 2. The largest absolute Gasteiger partial charge is 0.495 e. The SMILES string of the molecule is COC(=O)N1CCN(CCNS(=O)(=O)c2cc(F)ccc2OC)CC1. The molecule has 1 aromatic carbocycles. The predicted molar refractivity (Wildman–Crippen MR) is 88.6 cm³/mol. The summed E-state index contributed by atoms with van der Waals surface area (Å²) in [6, 6.07) is 3.34. The highest BCUT2D eigenvalue weighted by Crippen LogP contribution is 2.24. The average molecular weight is 375 g/mol. The van der Waals surface area contributed by atoms with Gasteiger partial charge in [0.25, 0.3) is 0 Å². The highest BCUT2D eigenvalue weighted by molar-refractivity contribution is 7.89. The lowest BCUT2D eigenvalue weighted by Crippen LogP contribution is -2.50. The fraction of sp³-hybridized carbons (Fsp3) is 0.533. The van der Waals surface area contributed by atoms with E-state index in [0.717, 1.165) is 12.1 Å². The van der Waals surface area contributed by atoms with Crippen molar-refractivity contribution in [2.45, 2.75) is 4.90 Å². The molecule has 1 N–H and O–H groups in total. The Balaban J connectivity index is 1.87. The van der Waals surface area contributed by atoms with E-state index in [-0.39, 0.29) is 23.3 Å². The molecule has 0 spiro atoms. The molecule has 10 heteroatoms. The third kappa shape index (κ3) is 5.03. The number of halogens is 1. The number of nitrogens with one attached hydrogen (secondary N) is 1. The molecule has 0 aromatic heterocycles.